The van der Waals surface area contributed by atoms with Crippen molar-refractivity contribution < 1.29 is 0 Å². The molecular formula is C14H15Cl2NS. The van der Waals surface area contributed by atoms with Gasteiger partial charge in [-0.15, -0.1) is 11.3 Å². The molecule has 0 saturated carbocycles. The van der Waals surface area contributed by atoms with Crippen LogP contribution in [0.25, 0.3) is 0 Å². The fourth-order valence-electron chi connectivity index (χ4n) is 1.90. The van der Waals surface area contributed by atoms with Crippen LogP contribution >= 0.6 is 34.5 Å². The van der Waals surface area contributed by atoms with Gasteiger partial charge >= 0.3 is 0 Å². The number of benzene rings is 1. The molecule has 1 aromatic heterocycles. The van der Waals surface area contributed by atoms with Crippen LogP contribution in [0.3, 0.4) is 0 Å². The molecule has 1 aromatic carbocycles. The molecule has 1 unspecified atom stereocenters. The summed E-state index contributed by atoms with van der Waals surface area (Å²) in [5, 5.41) is 0. The normalized spacial score (nSPS) is 12.7. The lowest BCUT2D eigenvalue weighted by atomic mass is 9.99. The predicted octanol–water partition coefficient (Wildman–Crippen LogP) is 4.91. The Kier molecular flexibility index (Phi) is 4.33. The van der Waals surface area contributed by atoms with E-state index in [1.54, 1.807) is 0 Å². The average molecular weight is 300 g/mol. The van der Waals surface area contributed by atoms with Gasteiger partial charge in [0.15, 0.2) is 0 Å². The second-order valence-corrected chi connectivity index (χ2v) is 6.79. The summed E-state index contributed by atoms with van der Waals surface area (Å²) in [6, 6.07) is 8.17. The van der Waals surface area contributed by atoms with Gasteiger partial charge < -0.3 is 5.73 Å². The Hall–Kier alpha value is -0.540. The number of thiophene rings is 1. The third-order valence-electron chi connectivity index (χ3n) is 3.11. The molecule has 0 aliphatic heterocycles. The Bertz CT molecular complexity index is 563. The lowest BCUT2D eigenvalue weighted by Crippen LogP contribution is -2.13. The molecular weight excluding hydrogens is 285 g/mol. The van der Waals surface area contributed by atoms with Crippen LogP contribution in [-0.4, -0.2) is 0 Å². The standard InChI is InChI=1S/C14H15Cl2NS/c1-8-3-4-10(5-9(8)2)6-12(17)11-7-13(15)18-14(11)16/h3-5,7,12H,6,17H2,1-2H3. The second-order valence-electron chi connectivity index (χ2n) is 4.51. The third kappa shape index (κ3) is 3.07. The van der Waals surface area contributed by atoms with Crippen LogP contribution < -0.4 is 5.73 Å². The van der Waals surface area contributed by atoms with E-state index in [4.69, 9.17) is 28.9 Å². The summed E-state index contributed by atoms with van der Waals surface area (Å²) in [4.78, 5) is 0. The summed E-state index contributed by atoms with van der Waals surface area (Å²) < 4.78 is 1.38. The van der Waals surface area contributed by atoms with Gasteiger partial charge in [0.1, 0.15) is 0 Å². The van der Waals surface area contributed by atoms with E-state index in [2.05, 4.69) is 32.0 Å². The predicted molar refractivity (Wildman–Crippen MR) is 80.9 cm³/mol. The fourth-order valence-corrected chi connectivity index (χ4v) is 3.50. The van der Waals surface area contributed by atoms with Gasteiger partial charge in [0.25, 0.3) is 0 Å². The molecule has 18 heavy (non-hydrogen) atoms. The van der Waals surface area contributed by atoms with Gasteiger partial charge in [-0.05, 0) is 43.0 Å². The maximum Gasteiger partial charge on any atom is 0.0992 e. The SMILES string of the molecule is Cc1ccc(CC(N)c2cc(Cl)sc2Cl)cc1C. The van der Waals surface area contributed by atoms with Crippen LogP contribution in [0.15, 0.2) is 24.3 Å². The zero-order chi connectivity index (χ0) is 13.3. The van der Waals surface area contributed by atoms with E-state index in [1.807, 2.05) is 6.07 Å². The first-order chi connectivity index (χ1) is 8.47. The van der Waals surface area contributed by atoms with Crippen molar-refractivity contribution in [1.82, 2.24) is 0 Å². The van der Waals surface area contributed by atoms with Crippen molar-refractivity contribution in [2.45, 2.75) is 26.3 Å². The van der Waals surface area contributed by atoms with Gasteiger partial charge in [-0.1, -0.05) is 41.4 Å². The number of halogens is 2. The highest BCUT2D eigenvalue weighted by atomic mass is 35.5. The van der Waals surface area contributed by atoms with Crippen molar-refractivity contribution in [3.8, 4) is 0 Å². The molecule has 0 fully saturated rings. The first-order valence-electron chi connectivity index (χ1n) is 5.74. The summed E-state index contributed by atoms with van der Waals surface area (Å²) in [5.74, 6) is 0. The van der Waals surface area contributed by atoms with Crippen LogP contribution in [0.2, 0.25) is 8.67 Å². The molecule has 1 nitrogen and oxygen atoms in total. The molecule has 0 aliphatic carbocycles. The molecule has 2 N–H and O–H groups in total. The van der Waals surface area contributed by atoms with Gasteiger partial charge in [-0.25, -0.2) is 0 Å². The second kappa shape index (κ2) is 5.62. The van der Waals surface area contributed by atoms with Crippen molar-refractivity contribution in [3.63, 3.8) is 0 Å². The molecule has 2 rings (SSSR count). The highest BCUT2D eigenvalue weighted by Crippen LogP contribution is 2.35. The quantitative estimate of drug-likeness (QED) is 0.856. The van der Waals surface area contributed by atoms with Crippen molar-refractivity contribution in [3.05, 3.63) is 55.2 Å². The highest BCUT2D eigenvalue weighted by Gasteiger charge is 2.14. The van der Waals surface area contributed by atoms with Crippen molar-refractivity contribution in [2.24, 2.45) is 5.73 Å². The van der Waals surface area contributed by atoms with Crippen molar-refractivity contribution in [1.29, 1.82) is 0 Å². The lowest BCUT2D eigenvalue weighted by molar-refractivity contribution is 0.724. The van der Waals surface area contributed by atoms with E-state index in [0.29, 0.717) is 8.67 Å². The zero-order valence-electron chi connectivity index (χ0n) is 10.3. The molecule has 0 amide bonds. The van der Waals surface area contributed by atoms with Gasteiger partial charge in [0, 0.05) is 11.6 Å². The van der Waals surface area contributed by atoms with Crippen LogP contribution in [0.5, 0.6) is 0 Å². The Balaban J connectivity index is 2.18. The van der Waals surface area contributed by atoms with E-state index in [-0.39, 0.29) is 6.04 Å². The van der Waals surface area contributed by atoms with Crippen molar-refractivity contribution in [2.75, 3.05) is 0 Å². The van der Waals surface area contributed by atoms with E-state index >= 15 is 0 Å². The number of hydrogen-bond donors (Lipinski definition) is 1. The summed E-state index contributed by atoms with van der Waals surface area (Å²) in [6.45, 7) is 4.22. The first kappa shape index (κ1) is 13.9. The summed E-state index contributed by atoms with van der Waals surface area (Å²) in [5.41, 5.74) is 10.9. The third-order valence-corrected chi connectivity index (χ3v) is 4.63. The smallest absolute Gasteiger partial charge is 0.0992 e. The monoisotopic (exact) mass is 299 g/mol. The molecule has 96 valence electrons. The summed E-state index contributed by atoms with van der Waals surface area (Å²) in [6.07, 6.45) is 0.772. The lowest BCUT2D eigenvalue weighted by Gasteiger charge is -2.12. The van der Waals surface area contributed by atoms with E-state index in [0.717, 1.165) is 12.0 Å². The minimum absolute atomic E-state index is 0.108. The van der Waals surface area contributed by atoms with Crippen LogP contribution in [-0.2, 0) is 6.42 Å². The van der Waals surface area contributed by atoms with Crippen LogP contribution in [0, 0.1) is 13.8 Å². The van der Waals surface area contributed by atoms with E-state index in [1.165, 1.54) is 28.0 Å². The Morgan fingerprint density at radius 2 is 1.89 bits per heavy atom. The van der Waals surface area contributed by atoms with Gasteiger partial charge in [-0.3, -0.25) is 0 Å². The molecule has 0 bridgehead atoms. The molecule has 2 aromatic rings. The molecule has 1 atom stereocenters. The molecule has 0 spiro atoms. The summed E-state index contributed by atoms with van der Waals surface area (Å²) in [7, 11) is 0. The minimum atomic E-state index is -0.108. The topological polar surface area (TPSA) is 26.0 Å². The molecule has 4 heteroatoms. The Labute approximate surface area is 122 Å². The van der Waals surface area contributed by atoms with Gasteiger partial charge in [0.2, 0.25) is 0 Å². The Morgan fingerprint density at radius 1 is 1.17 bits per heavy atom. The molecule has 0 aliphatic rings. The number of rotatable bonds is 3. The molecule has 0 radical (unpaired) electrons. The number of aryl methyl sites for hydroxylation is 2. The molecule has 1 heterocycles. The highest BCUT2D eigenvalue weighted by molar-refractivity contribution is 7.20. The molecule has 0 saturated heterocycles. The number of hydrogen-bond acceptors (Lipinski definition) is 2. The average Bonchev–Trinajstić information content (AvgIpc) is 2.63. The largest absolute Gasteiger partial charge is 0.324 e. The van der Waals surface area contributed by atoms with Crippen LogP contribution in [0.1, 0.15) is 28.3 Å². The van der Waals surface area contributed by atoms with Gasteiger partial charge in [-0.2, -0.15) is 0 Å². The van der Waals surface area contributed by atoms with E-state index < -0.39 is 0 Å². The first-order valence-corrected chi connectivity index (χ1v) is 7.31. The zero-order valence-corrected chi connectivity index (χ0v) is 12.7. The minimum Gasteiger partial charge on any atom is -0.324 e. The number of nitrogens with two attached hydrogens (primary N) is 1. The van der Waals surface area contributed by atoms with Crippen molar-refractivity contribution >= 4 is 34.5 Å². The Morgan fingerprint density at radius 3 is 2.44 bits per heavy atom. The maximum absolute atomic E-state index is 6.19. The van der Waals surface area contributed by atoms with Gasteiger partial charge in [0.05, 0.1) is 8.67 Å². The van der Waals surface area contributed by atoms with E-state index in [9.17, 15) is 0 Å². The maximum atomic E-state index is 6.19. The fraction of sp³-hybridized carbons (Fsp3) is 0.286. The van der Waals surface area contributed by atoms with Crippen LogP contribution in [0.4, 0.5) is 0 Å². The summed E-state index contributed by atoms with van der Waals surface area (Å²) >= 11 is 13.4.